The predicted molar refractivity (Wildman–Crippen MR) is 99.5 cm³/mol. The van der Waals surface area contributed by atoms with E-state index in [0.29, 0.717) is 23.1 Å². The van der Waals surface area contributed by atoms with Crippen LogP contribution >= 0.6 is 23.4 Å². The number of ether oxygens (including phenoxy) is 1. The molecule has 25 heavy (non-hydrogen) atoms. The Labute approximate surface area is 154 Å². The van der Waals surface area contributed by atoms with Crippen LogP contribution in [-0.4, -0.2) is 22.4 Å². The van der Waals surface area contributed by atoms with Gasteiger partial charge in [-0.1, -0.05) is 35.9 Å². The molecule has 0 amide bonds. The van der Waals surface area contributed by atoms with Crippen LogP contribution in [0.3, 0.4) is 0 Å². The van der Waals surface area contributed by atoms with Crippen LogP contribution in [0.5, 0.6) is 0 Å². The molecule has 6 heteroatoms. The average Bonchev–Trinajstić information content (AvgIpc) is 3.02. The molecule has 0 bridgehead atoms. The quantitative estimate of drug-likeness (QED) is 0.610. The summed E-state index contributed by atoms with van der Waals surface area (Å²) in [5.41, 5.74) is 4.10. The second kappa shape index (κ2) is 6.58. The molecule has 0 radical (unpaired) electrons. The molecule has 0 unspecified atom stereocenters. The SMILES string of the molecule is CCOC(=O)c1nn(-c2cccc(Cl)c2)c2c1CSc1ccccc1-2. The third-order valence-corrected chi connectivity index (χ3v) is 5.35. The van der Waals surface area contributed by atoms with E-state index in [-0.39, 0.29) is 5.97 Å². The van der Waals surface area contributed by atoms with Crippen molar-refractivity contribution in [2.24, 2.45) is 0 Å². The highest BCUT2D eigenvalue weighted by molar-refractivity contribution is 7.98. The topological polar surface area (TPSA) is 44.1 Å². The van der Waals surface area contributed by atoms with E-state index in [1.165, 1.54) is 4.90 Å². The minimum Gasteiger partial charge on any atom is -0.461 e. The first kappa shape index (κ1) is 16.2. The van der Waals surface area contributed by atoms with E-state index < -0.39 is 0 Å². The average molecular weight is 371 g/mol. The number of carbonyl (C=O) groups is 1. The molecule has 0 N–H and O–H groups in total. The number of thioether (sulfide) groups is 1. The zero-order chi connectivity index (χ0) is 17.4. The fourth-order valence-electron chi connectivity index (χ4n) is 2.96. The van der Waals surface area contributed by atoms with Crippen LogP contribution in [-0.2, 0) is 10.5 Å². The number of benzene rings is 2. The van der Waals surface area contributed by atoms with Gasteiger partial charge >= 0.3 is 5.97 Å². The first-order valence-corrected chi connectivity index (χ1v) is 9.32. The molecule has 0 spiro atoms. The van der Waals surface area contributed by atoms with Gasteiger partial charge < -0.3 is 4.74 Å². The number of halogens is 1. The fraction of sp³-hybridized carbons (Fsp3) is 0.158. The van der Waals surface area contributed by atoms with Gasteiger partial charge in [0.2, 0.25) is 0 Å². The third kappa shape index (κ3) is 2.83. The van der Waals surface area contributed by atoms with Crippen molar-refractivity contribution in [1.29, 1.82) is 0 Å². The molecule has 1 aliphatic rings. The maximum Gasteiger partial charge on any atom is 0.359 e. The Kier molecular flexibility index (Phi) is 4.27. The standard InChI is InChI=1S/C19H15ClN2O2S/c1-2-24-19(23)17-15-11-25-16-9-4-3-8-14(16)18(15)22(21-17)13-7-5-6-12(20)10-13/h3-10H,2,11H2,1H3. The van der Waals surface area contributed by atoms with Crippen molar-refractivity contribution < 1.29 is 9.53 Å². The molecule has 4 rings (SSSR count). The van der Waals surface area contributed by atoms with Crippen molar-refractivity contribution in [3.63, 3.8) is 0 Å². The van der Waals surface area contributed by atoms with Crippen LogP contribution in [0.15, 0.2) is 53.4 Å². The molecule has 0 fully saturated rings. The molecule has 126 valence electrons. The molecule has 1 aliphatic heterocycles. The Morgan fingerprint density at radius 2 is 2.12 bits per heavy atom. The van der Waals surface area contributed by atoms with Crippen LogP contribution in [0, 0.1) is 0 Å². The molecule has 0 atom stereocenters. The van der Waals surface area contributed by atoms with Crippen LogP contribution in [0.25, 0.3) is 16.9 Å². The Morgan fingerprint density at radius 3 is 2.92 bits per heavy atom. The van der Waals surface area contributed by atoms with Gasteiger partial charge in [0.05, 0.1) is 18.0 Å². The number of esters is 1. The van der Waals surface area contributed by atoms with E-state index >= 15 is 0 Å². The van der Waals surface area contributed by atoms with Crippen molar-refractivity contribution in [3.8, 4) is 16.9 Å². The monoisotopic (exact) mass is 370 g/mol. The molecule has 0 saturated heterocycles. The minimum absolute atomic E-state index is 0.321. The van der Waals surface area contributed by atoms with Gasteiger partial charge in [-0.15, -0.1) is 11.8 Å². The third-order valence-electron chi connectivity index (χ3n) is 4.02. The van der Waals surface area contributed by atoms with Gasteiger partial charge in [0.25, 0.3) is 0 Å². The van der Waals surface area contributed by atoms with Crippen molar-refractivity contribution >= 4 is 29.3 Å². The second-order valence-corrected chi connectivity index (χ2v) is 7.03. The van der Waals surface area contributed by atoms with E-state index in [1.54, 1.807) is 23.4 Å². The largest absolute Gasteiger partial charge is 0.461 e. The van der Waals surface area contributed by atoms with E-state index in [1.807, 2.05) is 36.4 Å². The predicted octanol–water partition coefficient (Wildman–Crippen LogP) is 4.98. The second-order valence-electron chi connectivity index (χ2n) is 5.57. The van der Waals surface area contributed by atoms with Gasteiger partial charge in [0.1, 0.15) is 0 Å². The summed E-state index contributed by atoms with van der Waals surface area (Å²) in [4.78, 5) is 13.6. The van der Waals surface area contributed by atoms with Gasteiger partial charge in [0, 0.05) is 26.8 Å². The number of carbonyl (C=O) groups excluding carboxylic acids is 1. The number of hydrogen-bond donors (Lipinski definition) is 0. The summed E-state index contributed by atoms with van der Waals surface area (Å²) in [6, 6.07) is 15.6. The maximum absolute atomic E-state index is 12.4. The summed E-state index contributed by atoms with van der Waals surface area (Å²) in [7, 11) is 0. The highest BCUT2D eigenvalue weighted by Crippen LogP contribution is 2.43. The zero-order valence-electron chi connectivity index (χ0n) is 13.5. The summed E-state index contributed by atoms with van der Waals surface area (Å²) in [5.74, 6) is 0.292. The van der Waals surface area contributed by atoms with E-state index in [4.69, 9.17) is 16.3 Å². The van der Waals surface area contributed by atoms with Crippen LogP contribution < -0.4 is 0 Å². The lowest BCUT2D eigenvalue weighted by molar-refractivity contribution is 0.0518. The van der Waals surface area contributed by atoms with Crippen LogP contribution in [0.2, 0.25) is 5.02 Å². The van der Waals surface area contributed by atoms with Gasteiger partial charge in [-0.2, -0.15) is 5.10 Å². The first-order valence-electron chi connectivity index (χ1n) is 7.96. The molecule has 4 nitrogen and oxygen atoms in total. The lowest BCUT2D eigenvalue weighted by Crippen LogP contribution is -2.08. The first-order chi connectivity index (χ1) is 12.2. The summed E-state index contributed by atoms with van der Waals surface area (Å²) in [6.45, 7) is 2.11. The van der Waals surface area contributed by atoms with Crippen molar-refractivity contribution in [2.75, 3.05) is 6.61 Å². The lowest BCUT2D eigenvalue weighted by Gasteiger charge is -2.18. The van der Waals surface area contributed by atoms with Crippen LogP contribution in [0.4, 0.5) is 0 Å². The Bertz CT molecular complexity index is 968. The number of fused-ring (bicyclic) bond motifs is 3. The minimum atomic E-state index is -0.389. The fourth-order valence-corrected chi connectivity index (χ4v) is 4.21. The van der Waals surface area contributed by atoms with Crippen LogP contribution in [0.1, 0.15) is 23.0 Å². The number of aromatic nitrogens is 2. The van der Waals surface area contributed by atoms with E-state index in [2.05, 4.69) is 17.2 Å². The van der Waals surface area contributed by atoms with Crippen molar-refractivity contribution in [1.82, 2.24) is 9.78 Å². The molecule has 2 heterocycles. The Morgan fingerprint density at radius 1 is 1.28 bits per heavy atom. The number of nitrogens with zero attached hydrogens (tertiary/aromatic N) is 2. The van der Waals surface area contributed by atoms with Crippen molar-refractivity contribution in [2.45, 2.75) is 17.6 Å². The Hall–Kier alpha value is -2.24. The van der Waals surface area contributed by atoms with E-state index in [9.17, 15) is 4.79 Å². The molecular formula is C19H15ClN2O2S. The van der Waals surface area contributed by atoms with Gasteiger partial charge in [-0.3, -0.25) is 0 Å². The summed E-state index contributed by atoms with van der Waals surface area (Å²) in [6.07, 6.45) is 0. The zero-order valence-corrected chi connectivity index (χ0v) is 15.1. The number of rotatable bonds is 3. The van der Waals surface area contributed by atoms with E-state index in [0.717, 1.165) is 22.5 Å². The number of hydrogen-bond acceptors (Lipinski definition) is 4. The Balaban J connectivity index is 1.98. The van der Waals surface area contributed by atoms with Gasteiger partial charge in [-0.05, 0) is 31.2 Å². The normalized spacial score (nSPS) is 12.4. The molecule has 3 aromatic rings. The van der Waals surface area contributed by atoms with Crippen molar-refractivity contribution in [3.05, 3.63) is 64.8 Å². The summed E-state index contributed by atoms with van der Waals surface area (Å²) >= 11 is 7.87. The summed E-state index contributed by atoms with van der Waals surface area (Å²) < 4.78 is 7.00. The molecule has 0 saturated carbocycles. The highest BCUT2D eigenvalue weighted by Gasteiger charge is 2.29. The molecule has 1 aromatic heterocycles. The molecule has 0 aliphatic carbocycles. The smallest absolute Gasteiger partial charge is 0.359 e. The molecule has 2 aromatic carbocycles. The lowest BCUT2D eigenvalue weighted by atomic mass is 10.1. The maximum atomic E-state index is 12.4. The highest BCUT2D eigenvalue weighted by atomic mass is 35.5. The molecular weight excluding hydrogens is 356 g/mol. The van der Waals surface area contributed by atoms with Gasteiger partial charge in [0.15, 0.2) is 5.69 Å². The van der Waals surface area contributed by atoms with Gasteiger partial charge in [-0.25, -0.2) is 9.48 Å². The summed E-state index contributed by atoms with van der Waals surface area (Å²) in [5, 5.41) is 5.21.